The number of guanidine groups is 1. The maximum Gasteiger partial charge on any atom is 0.573 e. The molecule has 2 N–H and O–H groups in total. The highest BCUT2D eigenvalue weighted by Crippen LogP contribution is 2.44. The van der Waals surface area contributed by atoms with Gasteiger partial charge in [0.15, 0.2) is 5.96 Å². The topological polar surface area (TPSA) is 77.2 Å². The van der Waals surface area contributed by atoms with Crippen LogP contribution in [0.4, 0.5) is 13.2 Å². The van der Waals surface area contributed by atoms with Gasteiger partial charge in [-0.3, -0.25) is 9.69 Å². The third-order valence-electron chi connectivity index (χ3n) is 6.24. The molecule has 1 fully saturated rings. The van der Waals surface area contributed by atoms with E-state index >= 15 is 0 Å². The van der Waals surface area contributed by atoms with E-state index in [0.717, 1.165) is 12.1 Å². The van der Waals surface area contributed by atoms with E-state index in [1.807, 2.05) is 6.92 Å². The van der Waals surface area contributed by atoms with Crippen molar-refractivity contribution in [3.8, 4) is 16.9 Å². The lowest BCUT2D eigenvalue weighted by Gasteiger charge is -2.41. The van der Waals surface area contributed by atoms with Crippen molar-refractivity contribution in [1.82, 2.24) is 4.90 Å². The van der Waals surface area contributed by atoms with Gasteiger partial charge in [-0.05, 0) is 50.5 Å². The molecule has 0 spiro atoms. The third-order valence-corrected chi connectivity index (χ3v) is 6.96. The predicted molar refractivity (Wildman–Crippen MR) is 135 cm³/mol. The summed E-state index contributed by atoms with van der Waals surface area (Å²) < 4.78 is 47.1. The number of carbonyl (C=O) groups excluding carboxylic acids is 1. The van der Waals surface area contributed by atoms with Gasteiger partial charge in [0.2, 0.25) is 5.91 Å². The maximum absolute atomic E-state index is 13.2. The second-order valence-electron chi connectivity index (χ2n) is 8.90. The van der Waals surface area contributed by atoms with E-state index in [9.17, 15) is 18.0 Å². The number of amides is 1. The van der Waals surface area contributed by atoms with E-state index in [4.69, 9.17) is 33.7 Å². The molecule has 196 valence electrons. The molecule has 0 unspecified atom stereocenters. The van der Waals surface area contributed by atoms with Crippen molar-refractivity contribution in [3.63, 3.8) is 0 Å². The smallest absolute Gasteiger partial charge is 0.406 e. The Morgan fingerprint density at radius 2 is 1.94 bits per heavy atom. The number of nitrogens with zero attached hydrogens (tertiary/aromatic N) is 2. The van der Waals surface area contributed by atoms with Crippen molar-refractivity contribution < 1.29 is 27.4 Å². The summed E-state index contributed by atoms with van der Waals surface area (Å²) in [7, 11) is 0. The number of carbonyl (C=O) groups is 1. The molecule has 2 heterocycles. The standard InChI is InChI=1S/C24H24Cl2F3N3O3.ClH/c1-13-10-14(8-9-34-13)32-20(33)12-23(2,31-22(32)30)18-5-3-4-17(21(18)26)16-7-6-15(11-19(16)25)35-24(27,28)29;/h3-7,11,13-14H,8-10,12H2,1-2H3,(H2,30,31);1H/t13-,14-,23-;/m0./s1. The van der Waals surface area contributed by atoms with Crippen LogP contribution in [0.1, 0.15) is 38.7 Å². The van der Waals surface area contributed by atoms with Crippen LogP contribution in [-0.2, 0) is 15.1 Å². The Kier molecular flexibility index (Phi) is 8.40. The number of halogens is 6. The van der Waals surface area contributed by atoms with Crippen molar-refractivity contribution in [2.45, 2.75) is 57.2 Å². The van der Waals surface area contributed by atoms with Gasteiger partial charge in [0.25, 0.3) is 0 Å². The summed E-state index contributed by atoms with van der Waals surface area (Å²) in [5.41, 5.74) is 6.71. The van der Waals surface area contributed by atoms with Crippen LogP contribution < -0.4 is 10.5 Å². The molecule has 0 aliphatic carbocycles. The maximum atomic E-state index is 13.2. The molecule has 1 amide bonds. The number of rotatable bonds is 4. The minimum absolute atomic E-state index is 0. The van der Waals surface area contributed by atoms with E-state index in [0.29, 0.717) is 36.1 Å². The molecule has 2 aliphatic rings. The van der Waals surface area contributed by atoms with Gasteiger partial charge in [-0.25, -0.2) is 4.99 Å². The number of nitrogens with two attached hydrogens (primary N) is 1. The molecule has 0 aromatic heterocycles. The van der Waals surface area contributed by atoms with Gasteiger partial charge >= 0.3 is 6.36 Å². The monoisotopic (exact) mass is 565 g/mol. The van der Waals surface area contributed by atoms with E-state index in [-0.39, 0.29) is 52.9 Å². The molecule has 1 saturated heterocycles. The summed E-state index contributed by atoms with van der Waals surface area (Å²) in [5, 5.41) is 0.303. The van der Waals surface area contributed by atoms with Gasteiger partial charge < -0.3 is 15.2 Å². The van der Waals surface area contributed by atoms with Gasteiger partial charge in [-0.2, -0.15) is 0 Å². The number of ether oxygens (including phenoxy) is 2. The molecule has 2 aromatic rings. The first-order valence-electron chi connectivity index (χ1n) is 11.0. The fourth-order valence-corrected chi connectivity index (χ4v) is 5.38. The summed E-state index contributed by atoms with van der Waals surface area (Å²) in [5.74, 6) is -0.480. The molecule has 3 atom stereocenters. The fraction of sp³-hybridized carbons (Fsp3) is 0.417. The highest BCUT2D eigenvalue weighted by Gasteiger charge is 2.42. The highest BCUT2D eigenvalue weighted by molar-refractivity contribution is 6.37. The second kappa shape index (κ2) is 10.7. The number of hydrogen-bond donors (Lipinski definition) is 1. The average molecular weight is 567 g/mol. The summed E-state index contributed by atoms with van der Waals surface area (Å²) in [6.07, 6.45) is -3.42. The molecule has 4 rings (SSSR count). The minimum atomic E-state index is -4.83. The Hall–Kier alpha value is -2.20. The third kappa shape index (κ3) is 5.85. The zero-order chi connectivity index (χ0) is 25.5. The van der Waals surface area contributed by atoms with Crippen LogP contribution in [0.25, 0.3) is 11.1 Å². The van der Waals surface area contributed by atoms with E-state index in [1.165, 1.54) is 6.07 Å². The van der Waals surface area contributed by atoms with Crippen LogP contribution in [0.5, 0.6) is 5.75 Å². The molecule has 0 saturated carbocycles. The lowest BCUT2D eigenvalue weighted by molar-refractivity contribution is -0.274. The quantitative estimate of drug-likeness (QED) is 0.471. The summed E-state index contributed by atoms with van der Waals surface area (Å²) in [4.78, 5) is 19.5. The lowest BCUT2D eigenvalue weighted by Crippen LogP contribution is -2.56. The average Bonchev–Trinajstić information content (AvgIpc) is 2.72. The second-order valence-corrected chi connectivity index (χ2v) is 9.69. The summed E-state index contributed by atoms with van der Waals surface area (Å²) >= 11 is 13.0. The Labute approximate surface area is 222 Å². The Morgan fingerprint density at radius 3 is 2.56 bits per heavy atom. The van der Waals surface area contributed by atoms with E-state index in [2.05, 4.69) is 9.73 Å². The zero-order valence-corrected chi connectivity index (χ0v) is 21.8. The first-order valence-corrected chi connectivity index (χ1v) is 11.8. The van der Waals surface area contributed by atoms with Crippen molar-refractivity contribution in [3.05, 3.63) is 52.0 Å². The van der Waals surface area contributed by atoms with Gasteiger partial charge in [0.05, 0.1) is 28.1 Å². The molecule has 0 bridgehead atoms. The zero-order valence-electron chi connectivity index (χ0n) is 19.4. The normalized spacial score (nSPS) is 24.7. The molecule has 2 aromatic carbocycles. The van der Waals surface area contributed by atoms with Gasteiger partial charge in [0.1, 0.15) is 5.75 Å². The van der Waals surface area contributed by atoms with Crippen LogP contribution in [0.3, 0.4) is 0 Å². The van der Waals surface area contributed by atoms with Crippen LogP contribution in [0, 0.1) is 0 Å². The SMILES string of the molecule is C[C@H]1C[C@@H](N2C(=O)C[C@@](C)(c3cccc(-c4ccc(OC(F)(F)F)cc4Cl)c3Cl)N=C2N)CCO1.Cl. The minimum Gasteiger partial charge on any atom is -0.406 e. The molecular formula is C24H25Cl3F3N3O3. The Bertz CT molecular complexity index is 1180. The largest absolute Gasteiger partial charge is 0.573 e. The molecule has 36 heavy (non-hydrogen) atoms. The van der Waals surface area contributed by atoms with E-state index < -0.39 is 17.7 Å². The number of alkyl halides is 3. The van der Waals surface area contributed by atoms with Gasteiger partial charge in [-0.1, -0.05) is 41.4 Å². The first-order chi connectivity index (χ1) is 16.4. The Balaban J connectivity index is 0.00000361. The highest BCUT2D eigenvalue weighted by atomic mass is 35.5. The van der Waals surface area contributed by atoms with Crippen molar-refractivity contribution in [2.24, 2.45) is 10.7 Å². The summed E-state index contributed by atoms with van der Waals surface area (Å²) in [6, 6.07) is 8.70. The van der Waals surface area contributed by atoms with Crippen molar-refractivity contribution in [2.75, 3.05) is 6.61 Å². The summed E-state index contributed by atoms with van der Waals surface area (Å²) in [6.45, 7) is 4.27. The van der Waals surface area contributed by atoms with Gasteiger partial charge in [0, 0.05) is 23.8 Å². The predicted octanol–water partition coefficient (Wildman–Crippen LogP) is 6.31. The number of benzene rings is 2. The Morgan fingerprint density at radius 1 is 1.22 bits per heavy atom. The first kappa shape index (κ1) is 28.4. The molecule has 12 heteroatoms. The van der Waals surface area contributed by atoms with Crippen LogP contribution in [0.15, 0.2) is 41.4 Å². The number of aliphatic imine (C=N–C) groups is 1. The van der Waals surface area contributed by atoms with Gasteiger partial charge in [-0.15, -0.1) is 25.6 Å². The molecule has 6 nitrogen and oxygen atoms in total. The lowest BCUT2D eigenvalue weighted by atomic mass is 9.85. The fourth-order valence-electron chi connectivity index (χ4n) is 4.68. The van der Waals surface area contributed by atoms with Crippen LogP contribution >= 0.6 is 35.6 Å². The van der Waals surface area contributed by atoms with E-state index in [1.54, 1.807) is 30.0 Å². The van der Waals surface area contributed by atoms with Crippen molar-refractivity contribution >= 4 is 47.5 Å². The van der Waals surface area contributed by atoms with Crippen LogP contribution in [0.2, 0.25) is 10.0 Å². The molecular weight excluding hydrogens is 542 g/mol. The van der Waals surface area contributed by atoms with Crippen LogP contribution in [-0.4, -0.2) is 41.9 Å². The molecule has 0 radical (unpaired) electrons. The van der Waals surface area contributed by atoms with Crippen molar-refractivity contribution in [1.29, 1.82) is 0 Å². The molecule has 2 aliphatic heterocycles. The number of hydrogen-bond acceptors (Lipinski definition) is 5.